The largest absolute Gasteiger partial charge is 0.495 e. The standard InChI is InChI=1S/C25H27N3O6S/c1-33-17-16-26-25(30)20-12-6-7-13-21(20)27-24(29)18-28(22-14-8-9-15-23(22)34-2)35(31,32)19-10-4-3-5-11-19/h3-15H,16-18H2,1-2H3,(H,26,30)(H,27,29). The topological polar surface area (TPSA) is 114 Å². The number of hydrogen-bond donors (Lipinski definition) is 2. The number of methoxy groups -OCH3 is 2. The number of hydrogen-bond acceptors (Lipinski definition) is 6. The Morgan fingerprint density at radius 3 is 2.26 bits per heavy atom. The lowest BCUT2D eigenvalue weighted by atomic mass is 10.1. The molecule has 10 heteroatoms. The molecule has 0 atom stereocenters. The van der Waals surface area contributed by atoms with Gasteiger partial charge in [0, 0.05) is 13.7 Å². The number of para-hydroxylation sites is 3. The van der Waals surface area contributed by atoms with E-state index in [1.807, 2.05) is 0 Å². The average molecular weight is 498 g/mol. The molecule has 0 aliphatic heterocycles. The van der Waals surface area contributed by atoms with Crippen molar-refractivity contribution in [3.8, 4) is 5.75 Å². The van der Waals surface area contributed by atoms with Gasteiger partial charge in [-0.2, -0.15) is 0 Å². The lowest BCUT2D eigenvalue weighted by Crippen LogP contribution is -2.38. The van der Waals surface area contributed by atoms with E-state index in [0.29, 0.717) is 13.2 Å². The van der Waals surface area contributed by atoms with Gasteiger partial charge in [0.1, 0.15) is 12.3 Å². The Labute approximate surface area is 204 Å². The monoisotopic (exact) mass is 497 g/mol. The number of ether oxygens (including phenoxy) is 2. The SMILES string of the molecule is COCCNC(=O)c1ccccc1NC(=O)CN(c1ccccc1OC)S(=O)(=O)c1ccccc1. The highest BCUT2D eigenvalue weighted by Gasteiger charge is 2.29. The van der Waals surface area contributed by atoms with Crippen LogP contribution in [-0.2, 0) is 19.6 Å². The fraction of sp³-hybridized carbons (Fsp3) is 0.200. The molecule has 0 saturated heterocycles. The maximum atomic E-state index is 13.5. The van der Waals surface area contributed by atoms with Crippen molar-refractivity contribution >= 4 is 33.2 Å². The molecule has 3 rings (SSSR count). The summed E-state index contributed by atoms with van der Waals surface area (Å²) in [5.41, 5.74) is 0.704. The maximum Gasteiger partial charge on any atom is 0.264 e. The first-order valence-corrected chi connectivity index (χ1v) is 12.2. The molecule has 2 N–H and O–H groups in total. The third-order valence-electron chi connectivity index (χ3n) is 5.01. The van der Waals surface area contributed by atoms with E-state index in [-0.39, 0.29) is 27.6 Å². The van der Waals surface area contributed by atoms with E-state index in [1.54, 1.807) is 66.7 Å². The first-order chi connectivity index (χ1) is 16.9. The molecule has 3 aromatic carbocycles. The van der Waals surface area contributed by atoms with Crippen molar-refractivity contribution in [3.05, 3.63) is 84.4 Å². The van der Waals surface area contributed by atoms with Crippen molar-refractivity contribution in [2.24, 2.45) is 0 Å². The fourth-order valence-electron chi connectivity index (χ4n) is 3.33. The second kappa shape index (κ2) is 12.0. The molecule has 0 heterocycles. The summed E-state index contributed by atoms with van der Waals surface area (Å²) in [5, 5.41) is 5.37. The van der Waals surface area contributed by atoms with Crippen LogP contribution in [0.15, 0.2) is 83.8 Å². The summed E-state index contributed by atoms with van der Waals surface area (Å²) in [5.74, 6) is -0.735. The van der Waals surface area contributed by atoms with E-state index in [0.717, 1.165) is 4.31 Å². The van der Waals surface area contributed by atoms with Gasteiger partial charge in [-0.05, 0) is 36.4 Å². The summed E-state index contributed by atoms with van der Waals surface area (Å²) >= 11 is 0. The highest BCUT2D eigenvalue weighted by atomic mass is 32.2. The molecule has 0 unspecified atom stereocenters. The van der Waals surface area contributed by atoms with Crippen molar-refractivity contribution < 1.29 is 27.5 Å². The molecule has 35 heavy (non-hydrogen) atoms. The first kappa shape index (κ1) is 25.7. The van der Waals surface area contributed by atoms with Gasteiger partial charge in [0.15, 0.2) is 0 Å². The Morgan fingerprint density at radius 1 is 0.886 bits per heavy atom. The lowest BCUT2D eigenvalue weighted by molar-refractivity contribution is -0.114. The van der Waals surface area contributed by atoms with Gasteiger partial charge in [0.2, 0.25) is 5.91 Å². The van der Waals surface area contributed by atoms with E-state index in [2.05, 4.69) is 10.6 Å². The van der Waals surface area contributed by atoms with Gasteiger partial charge in [-0.25, -0.2) is 8.42 Å². The predicted molar refractivity (Wildman–Crippen MR) is 133 cm³/mol. The molecule has 3 aromatic rings. The summed E-state index contributed by atoms with van der Waals surface area (Å²) in [4.78, 5) is 25.7. The number of carbonyl (C=O) groups is 2. The minimum absolute atomic E-state index is 0.0247. The van der Waals surface area contributed by atoms with Crippen LogP contribution < -0.4 is 19.7 Å². The molecule has 0 aliphatic carbocycles. The van der Waals surface area contributed by atoms with Crippen LogP contribution in [0.25, 0.3) is 0 Å². The van der Waals surface area contributed by atoms with E-state index in [1.165, 1.54) is 26.4 Å². The van der Waals surface area contributed by atoms with Crippen LogP contribution in [0.3, 0.4) is 0 Å². The molecule has 2 amide bonds. The van der Waals surface area contributed by atoms with E-state index >= 15 is 0 Å². The van der Waals surface area contributed by atoms with Gasteiger partial charge >= 0.3 is 0 Å². The Bertz CT molecular complexity index is 1260. The smallest absolute Gasteiger partial charge is 0.264 e. The zero-order valence-electron chi connectivity index (χ0n) is 19.4. The van der Waals surface area contributed by atoms with Crippen LogP contribution in [0, 0.1) is 0 Å². The first-order valence-electron chi connectivity index (χ1n) is 10.7. The Morgan fingerprint density at radius 2 is 1.54 bits per heavy atom. The van der Waals surface area contributed by atoms with Crippen molar-refractivity contribution in [2.45, 2.75) is 4.90 Å². The zero-order valence-corrected chi connectivity index (χ0v) is 20.2. The molecule has 0 aliphatic rings. The molecule has 0 bridgehead atoms. The number of nitrogens with zero attached hydrogens (tertiary/aromatic N) is 1. The summed E-state index contributed by atoms with van der Waals surface area (Å²) in [7, 11) is -1.17. The number of sulfonamides is 1. The van der Waals surface area contributed by atoms with Crippen LogP contribution in [0.4, 0.5) is 11.4 Å². The minimum atomic E-state index is -4.12. The van der Waals surface area contributed by atoms with E-state index in [9.17, 15) is 18.0 Å². The third-order valence-corrected chi connectivity index (χ3v) is 6.78. The highest BCUT2D eigenvalue weighted by Crippen LogP contribution is 2.32. The van der Waals surface area contributed by atoms with Gasteiger partial charge in [-0.3, -0.25) is 13.9 Å². The molecule has 184 valence electrons. The van der Waals surface area contributed by atoms with Crippen LogP contribution in [0.2, 0.25) is 0 Å². The van der Waals surface area contributed by atoms with Crippen molar-refractivity contribution in [1.82, 2.24) is 5.32 Å². The van der Waals surface area contributed by atoms with Gasteiger partial charge < -0.3 is 20.1 Å². The van der Waals surface area contributed by atoms with Crippen molar-refractivity contribution in [1.29, 1.82) is 0 Å². The van der Waals surface area contributed by atoms with Crippen LogP contribution in [0.1, 0.15) is 10.4 Å². The number of benzene rings is 3. The second-order valence-electron chi connectivity index (χ2n) is 7.34. The Balaban J connectivity index is 1.91. The Kier molecular flexibility index (Phi) is 8.82. The van der Waals surface area contributed by atoms with Gasteiger partial charge in [0.25, 0.3) is 15.9 Å². The molecular weight excluding hydrogens is 470 g/mol. The number of anilines is 2. The highest BCUT2D eigenvalue weighted by molar-refractivity contribution is 7.92. The van der Waals surface area contributed by atoms with Crippen molar-refractivity contribution in [2.75, 3.05) is 43.5 Å². The van der Waals surface area contributed by atoms with Crippen molar-refractivity contribution in [3.63, 3.8) is 0 Å². The number of nitrogens with one attached hydrogen (secondary N) is 2. The zero-order chi connectivity index (χ0) is 25.3. The van der Waals surface area contributed by atoms with Crippen LogP contribution >= 0.6 is 0 Å². The van der Waals surface area contributed by atoms with E-state index < -0.39 is 28.4 Å². The lowest BCUT2D eigenvalue weighted by Gasteiger charge is -2.25. The number of rotatable bonds is 11. The molecule has 9 nitrogen and oxygen atoms in total. The van der Waals surface area contributed by atoms with Gasteiger partial charge in [-0.15, -0.1) is 0 Å². The molecule has 0 radical (unpaired) electrons. The minimum Gasteiger partial charge on any atom is -0.495 e. The third kappa shape index (κ3) is 6.37. The molecule has 0 aromatic heterocycles. The number of carbonyl (C=O) groups excluding carboxylic acids is 2. The summed E-state index contributed by atoms with van der Waals surface area (Å²) in [6.45, 7) is 0.0945. The van der Waals surface area contributed by atoms with Crippen LogP contribution in [-0.4, -0.2) is 54.1 Å². The van der Waals surface area contributed by atoms with E-state index in [4.69, 9.17) is 9.47 Å². The summed E-state index contributed by atoms with van der Waals surface area (Å²) in [6, 6.07) is 20.8. The van der Waals surface area contributed by atoms with Gasteiger partial charge in [0.05, 0.1) is 35.6 Å². The molecule has 0 spiro atoms. The fourth-order valence-corrected chi connectivity index (χ4v) is 4.78. The quantitative estimate of drug-likeness (QED) is 0.394. The van der Waals surface area contributed by atoms with Gasteiger partial charge in [-0.1, -0.05) is 42.5 Å². The summed E-state index contributed by atoms with van der Waals surface area (Å²) < 4.78 is 38.3. The molecular formula is C25H27N3O6S. The Hall–Kier alpha value is -3.89. The van der Waals surface area contributed by atoms with Crippen LogP contribution in [0.5, 0.6) is 5.75 Å². The maximum absolute atomic E-state index is 13.5. The average Bonchev–Trinajstić information content (AvgIpc) is 2.88. The summed E-state index contributed by atoms with van der Waals surface area (Å²) in [6.07, 6.45) is 0. The normalized spacial score (nSPS) is 10.9. The second-order valence-corrected chi connectivity index (χ2v) is 9.20. The molecule has 0 saturated carbocycles. The molecule has 0 fully saturated rings. The predicted octanol–water partition coefficient (Wildman–Crippen LogP) is 2.91. The number of amides is 2.